The molecule has 15 heavy (non-hydrogen) atoms. The van der Waals surface area contributed by atoms with E-state index in [9.17, 15) is 4.79 Å². The first-order chi connectivity index (χ1) is 6.92. The summed E-state index contributed by atoms with van der Waals surface area (Å²) in [4.78, 5) is 11.0. The lowest BCUT2D eigenvalue weighted by Gasteiger charge is -2.22. The predicted molar refractivity (Wildman–Crippen MR) is 61.7 cm³/mol. The summed E-state index contributed by atoms with van der Waals surface area (Å²) in [5.41, 5.74) is 1.67. The number of carboxylic acids is 1. The van der Waals surface area contributed by atoms with E-state index in [1.165, 1.54) is 0 Å². The molecular weight excluding hydrogens is 188 g/mol. The van der Waals surface area contributed by atoms with E-state index < -0.39 is 5.97 Å². The average molecular weight is 208 g/mol. The van der Waals surface area contributed by atoms with Crippen LogP contribution in [0.25, 0.3) is 0 Å². The molecule has 0 atom stereocenters. The molecule has 0 bridgehead atoms. The highest BCUT2D eigenvalue weighted by Gasteiger charge is 2.18. The first kappa shape index (κ1) is 12.0. The molecule has 2 nitrogen and oxygen atoms in total. The van der Waals surface area contributed by atoms with Gasteiger partial charge in [-0.1, -0.05) is 26.0 Å². The first-order valence-electron chi connectivity index (χ1n) is 5.53. The van der Waals surface area contributed by atoms with Crippen molar-refractivity contribution in [3.63, 3.8) is 0 Å². The van der Waals surface area contributed by atoms with E-state index in [1.807, 2.05) is 13.0 Å². The van der Waals surface area contributed by atoms with Crippen LogP contribution in [0.15, 0.2) is 23.3 Å². The Morgan fingerprint density at radius 3 is 2.67 bits per heavy atom. The van der Waals surface area contributed by atoms with E-state index in [0.717, 1.165) is 31.3 Å². The van der Waals surface area contributed by atoms with Gasteiger partial charge in [-0.05, 0) is 43.6 Å². The van der Waals surface area contributed by atoms with Crippen LogP contribution in [-0.2, 0) is 4.79 Å². The van der Waals surface area contributed by atoms with Gasteiger partial charge in [0.05, 0.1) is 5.57 Å². The lowest BCUT2D eigenvalue weighted by molar-refractivity contribution is -0.132. The van der Waals surface area contributed by atoms with Gasteiger partial charge < -0.3 is 5.11 Å². The zero-order valence-electron chi connectivity index (χ0n) is 9.84. The van der Waals surface area contributed by atoms with Crippen molar-refractivity contribution in [3.8, 4) is 0 Å². The second-order valence-corrected chi connectivity index (χ2v) is 5.07. The molecule has 0 fully saturated rings. The van der Waals surface area contributed by atoms with Crippen LogP contribution in [0.5, 0.6) is 0 Å². The van der Waals surface area contributed by atoms with E-state index in [4.69, 9.17) is 5.11 Å². The van der Waals surface area contributed by atoms with Crippen molar-refractivity contribution in [2.24, 2.45) is 5.41 Å². The topological polar surface area (TPSA) is 37.3 Å². The Balaban J connectivity index is 2.91. The lowest BCUT2D eigenvalue weighted by atomic mass is 9.84. The Labute approximate surface area is 91.7 Å². The summed E-state index contributed by atoms with van der Waals surface area (Å²) < 4.78 is 0. The Kier molecular flexibility index (Phi) is 3.72. The maximum Gasteiger partial charge on any atom is 0.335 e. The van der Waals surface area contributed by atoms with Crippen LogP contribution in [-0.4, -0.2) is 11.1 Å². The fourth-order valence-electron chi connectivity index (χ4n) is 1.89. The van der Waals surface area contributed by atoms with Gasteiger partial charge >= 0.3 is 5.97 Å². The van der Waals surface area contributed by atoms with E-state index in [1.54, 1.807) is 0 Å². The summed E-state index contributed by atoms with van der Waals surface area (Å²) in [6.07, 6.45) is 7.98. The number of hydrogen-bond donors (Lipinski definition) is 1. The van der Waals surface area contributed by atoms with Crippen LogP contribution in [0.4, 0.5) is 0 Å². The zero-order valence-corrected chi connectivity index (χ0v) is 9.84. The summed E-state index contributed by atoms with van der Waals surface area (Å²) in [5, 5.41) is 9.04. The van der Waals surface area contributed by atoms with Gasteiger partial charge in [0.2, 0.25) is 0 Å². The molecule has 1 N–H and O–H groups in total. The third-order valence-corrected chi connectivity index (χ3v) is 3.02. The molecule has 2 heteroatoms. The molecule has 0 amide bonds. The predicted octanol–water partition coefficient (Wildman–Crippen LogP) is 3.54. The molecule has 0 aromatic rings. The number of aliphatic carboxylic acids is 1. The molecule has 84 valence electrons. The smallest absolute Gasteiger partial charge is 0.335 e. The Hall–Kier alpha value is -1.05. The molecule has 0 saturated carbocycles. The number of carboxylic acid groups (broad SMARTS) is 1. The molecule has 0 heterocycles. The molecule has 1 aliphatic carbocycles. The van der Waals surface area contributed by atoms with Gasteiger partial charge in [-0.25, -0.2) is 4.79 Å². The minimum absolute atomic E-state index is 0.295. The van der Waals surface area contributed by atoms with Gasteiger partial charge in [-0.2, -0.15) is 0 Å². The standard InChI is InChI=1S/C13H20O2/c1-10-7-9-13(2,3)8-5-4-6-11(10)12(14)15/h6-7H,4-5,8-9H2,1-3H3,(H,14,15)/b10-7?,11-6+. The fraction of sp³-hybridized carbons (Fsp3) is 0.615. The van der Waals surface area contributed by atoms with Crippen LogP contribution >= 0.6 is 0 Å². The van der Waals surface area contributed by atoms with Crippen LogP contribution in [0, 0.1) is 5.41 Å². The third-order valence-electron chi connectivity index (χ3n) is 3.02. The van der Waals surface area contributed by atoms with Crippen molar-refractivity contribution in [1.82, 2.24) is 0 Å². The lowest BCUT2D eigenvalue weighted by Crippen LogP contribution is -2.09. The maximum atomic E-state index is 11.0. The van der Waals surface area contributed by atoms with Gasteiger partial charge in [0.1, 0.15) is 0 Å². The van der Waals surface area contributed by atoms with Gasteiger partial charge in [-0.3, -0.25) is 0 Å². The van der Waals surface area contributed by atoms with E-state index in [-0.39, 0.29) is 0 Å². The van der Waals surface area contributed by atoms with Crippen LogP contribution < -0.4 is 0 Å². The molecule has 0 aliphatic heterocycles. The number of allylic oxidation sites excluding steroid dienone is 2. The largest absolute Gasteiger partial charge is 0.478 e. The second kappa shape index (κ2) is 4.65. The highest BCUT2D eigenvalue weighted by molar-refractivity contribution is 5.91. The summed E-state index contributed by atoms with van der Waals surface area (Å²) in [6.45, 7) is 6.37. The van der Waals surface area contributed by atoms with Crippen LogP contribution in [0.1, 0.15) is 46.5 Å². The Morgan fingerprint density at radius 2 is 2.07 bits per heavy atom. The van der Waals surface area contributed by atoms with Gasteiger partial charge in [0.25, 0.3) is 0 Å². The SMILES string of the molecule is CC1=CCC(C)(C)CCC/C=C\1C(=O)O. The number of hydrogen-bond acceptors (Lipinski definition) is 1. The summed E-state index contributed by atoms with van der Waals surface area (Å²) >= 11 is 0. The molecule has 0 spiro atoms. The number of rotatable bonds is 1. The van der Waals surface area contributed by atoms with Crippen molar-refractivity contribution in [2.45, 2.75) is 46.5 Å². The minimum atomic E-state index is -0.802. The molecular formula is C13H20O2. The Morgan fingerprint density at radius 1 is 1.40 bits per heavy atom. The molecule has 0 radical (unpaired) electrons. The minimum Gasteiger partial charge on any atom is -0.478 e. The molecule has 0 aromatic carbocycles. The average Bonchev–Trinajstić information content (AvgIpc) is 2.18. The summed E-state index contributed by atoms with van der Waals surface area (Å²) in [5.74, 6) is -0.802. The van der Waals surface area contributed by atoms with E-state index >= 15 is 0 Å². The second-order valence-electron chi connectivity index (χ2n) is 5.07. The fourth-order valence-corrected chi connectivity index (χ4v) is 1.89. The van der Waals surface area contributed by atoms with E-state index in [2.05, 4.69) is 19.9 Å². The number of carbonyl (C=O) groups is 1. The molecule has 0 aromatic heterocycles. The van der Waals surface area contributed by atoms with Crippen molar-refractivity contribution in [3.05, 3.63) is 23.3 Å². The zero-order chi connectivity index (χ0) is 11.5. The first-order valence-corrected chi connectivity index (χ1v) is 5.53. The summed E-state index contributed by atoms with van der Waals surface area (Å²) in [7, 11) is 0. The third kappa shape index (κ3) is 3.54. The molecule has 0 saturated heterocycles. The van der Waals surface area contributed by atoms with Crippen molar-refractivity contribution in [1.29, 1.82) is 0 Å². The van der Waals surface area contributed by atoms with Crippen LogP contribution in [0.2, 0.25) is 0 Å². The van der Waals surface area contributed by atoms with Gasteiger partial charge in [0, 0.05) is 0 Å². The van der Waals surface area contributed by atoms with Crippen molar-refractivity contribution < 1.29 is 9.90 Å². The molecule has 1 rings (SSSR count). The van der Waals surface area contributed by atoms with E-state index in [0.29, 0.717) is 11.0 Å². The van der Waals surface area contributed by atoms with Crippen molar-refractivity contribution in [2.75, 3.05) is 0 Å². The van der Waals surface area contributed by atoms with Gasteiger partial charge in [-0.15, -0.1) is 0 Å². The summed E-state index contributed by atoms with van der Waals surface area (Å²) in [6, 6.07) is 0. The normalized spacial score (nSPS) is 25.3. The monoisotopic (exact) mass is 208 g/mol. The maximum absolute atomic E-state index is 11.0. The Bertz CT molecular complexity index is 308. The van der Waals surface area contributed by atoms with Crippen molar-refractivity contribution >= 4 is 5.97 Å². The molecule has 0 unspecified atom stereocenters. The van der Waals surface area contributed by atoms with Gasteiger partial charge in [0.15, 0.2) is 0 Å². The highest BCUT2D eigenvalue weighted by Crippen LogP contribution is 2.31. The van der Waals surface area contributed by atoms with Crippen LogP contribution in [0.3, 0.4) is 0 Å². The molecule has 1 aliphatic rings. The highest BCUT2D eigenvalue weighted by atomic mass is 16.4. The quantitative estimate of drug-likeness (QED) is 0.715.